The SMILES string of the molecule is CCC(Nc1cc(Cl)c([N+](=O)[O-])cc1C)C(=O)O. The van der Waals surface area contributed by atoms with Gasteiger partial charge in [-0.2, -0.15) is 0 Å². The Hall–Kier alpha value is -1.82. The van der Waals surface area contributed by atoms with Crippen molar-refractivity contribution in [2.24, 2.45) is 0 Å². The van der Waals surface area contributed by atoms with Gasteiger partial charge in [-0.3, -0.25) is 10.1 Å². The lowest BCUT2D eigenvalue weighted by Crippen LogP contribution is -2.28. The minimum absolute atomic E-state index is 0.0201. The summed E-state index contributed by atoms with van der Waals surface area (Å²) < 4.78 is 0. The molecule has 0 radical (unpaired) electrons. The molecule has 1 rings (SSSR count). The molecule has 0 bridgehead atoms. The number of halogens is 1. The molecule has 0 aromatic heterocycles. The highest BCUT2D eigenvalue weighted by Gasteiger charge is 2.19. The Labute approximate surface area is 109 Å². The van der Waals surface area contributed by atoms with Crippen molar-refractivity contribution in [2.45, 2.75) is 26.3 Å². The number of carboxylic acid groups (broad SMARTS) is 1. The number of anilines is 1. The number of aryl methyl sites for hydroxylation is 1. The standard InChI is InChI=1S/C11H13ClN2O4/c1-3-8(11(15)16)13-9-5-7(12)10(14(17)18)4-6(9)2/h4-5,8,13H,3H2,1-2H3,(H,15,16). The van der Waals surface area contributed by atoms with Gasteiger partial charge in [-0.05, 0) is 25.0 Å². The highest BCUT2D eigenvalue weighted by atomic mass is 35.5. The van der Waals surface area contributed by atoms with Gasteiger partial charge in [0.25, 0.3) is 5.69 Å². The van der Waals surface area contributed by atoms with Crippen LogP contribution in [0.4, 0.5) is 11.4 Å². The zero-order chi connectivity index (χ0) is 13.9. The predicted molar refractivity (Wildman–Crippen MR) is 68.2 cm³/mol. The molecular weight excluding hydrogens is 260 g/mol. The summed E-state index contributed by atoms with van der Waals surface area (Å²) >= 11 is 5.77. The molecule has 0 aliphatic heterocycles. The lowest BCUT2D eigenvalue weighted by molar-refractivity contribution is -0.384. The van der Waals surface area contributed by atoms with E-state index in [2.05, 4.69) is 5.32 Å². The van der Waals surface area contributed by atoms with Gasteiger partial charge < -0.3 is 10.4 Å². The molecule has 1 aromatic carbocycles. The predicted octanol–water partition coefficient (Wildman–Crippen LogP) is 2.83. The summed E-state index contributed by atoms with van der Waals surface area (Å²) in [6.07, 6.45) is 0.392. The Morgan fingerprint density at radius 3 is 2.67 bits per heavy atom. The first kappa shape index (κ1) is 14.2. The van der Waals surface area contributed by atoms with E-state index in [9.17, 15) is 14.9 Å². The molecule has 0 aliphatic rings. The number of carboxylic acids is 1. The molecule has 0 aliphatic carbocycles. The fourth-order valence-electron chi connectivity index (χ4n) is 1.49. The fourth-order valence-corrected chi connectivity index (χ4v) is 1.72. The second-order valence-corrected chi connectivity index (χ2v) is 4.23. The maximum Gasteiger partial charge on any atom is 0.326 e. The van der Waals surface area contributed by atoms with Crippen LogP contribution in [-0.2, 0) is 4.79 Å². The van der Waals surface area contributed by atoms with Gasteiger partial charge in [-0.25, -0.2) is 4.79 Å². The van der Waals surface area contributed by atoms with Crippen LogP contribution < -0.4 is 5.32 Å². The zero-order valence-electron chi connectivity index (χ0n) is 9.94. The Kier molecular flexibility index (Phi) is 4.49. The van der Waals surface area contributed by atoms with Crippen LogP contribution in [0.3, 0.4) is 0 Å². The van der Waals surface area contributed by atoms with E-state index < -0.39 is 16.9 Å². The summed E-state index contributed by atoms with van der Waals surface area (Å²) in [7, 11) is 0. The van der Waals surface area contributed by atoms with E-state index in [1.807, 2.05) is 0 Å². The van der Waals surface area contributed by atoms with Gasteiger partial charge in [0.05, 0.1) is 4.92 Å². The Morgan fingerprint density at radius 2 is 2.22 bits per heavy atom. The van der Waals surface area contributed by atoms with Crippen LogP contribution in [0.2, 0.25) is 5.02 Å². The molecule has 98 valence electrons. The Bertz CT molecular complexity index is 490. The first-order valence-electron chi connectivity index (χ1n) is 5.30. The molecule has 1 unspecified atom stereocenters. The van der Waals surface area contributed by atoms with Crippen molar-refractivity contribution >= 4 is 28.9 Å². The smallest absolute Gasteiger partial charge is 0.326 e. The average Bonchev–Trinajstić information content (AvgIpc) is 2.28. The minimum atomic E-state index is -0.980. The van der Waals surface area contributed by atoms with Crippen molar-refractivity contribution in [2.75, 3.05) is 5.32 Å². The van der Waals surface area contributed by atoms with E-state index in [0.29, 0.717) is 17.7 Å². The molecule has 0 spiro atoms. The number of benzene rings is 1. The monoisotopic (exact) mass is 272 g/mol. The van der Waals surface area contributed by atoms with Crippen LogP contribution >= 0.6 is 11.6 Å². The van der Waals surface area contributed by atoms with Crippen LogP contribution in [0.5, 0.6) is 0 Å². The van der Waals surface area contributed by atoms with E-state index in [1.165, 1.54) is 12.1 Å². The van der Waals surface area contributed by atoms with E-state index in [0.717, 1.165) is 0 Å². The zero-order valence-corrected chi connectivity index (χ0v) is 10.7. The molecule has 18 heavy (non-hydrogen) atoms. The third kappa shape index (κ3) is 3.10. The number of nitro benzene ring substituents is 1. The van der Waals surface area contributed by atoms with Crippen LogP contribution in [-0.4, -0.2) is 22.0 Å². The third-order valence-electron chi connectivity index (χ3n) is 2.53. The van der Waals surface area contributed by atoms with Crippen LogP contribution in [0, 0.1) is 17.0 Å². The Morgan fingerprint density at radius 1 is 1.61 bits per heavy atom. The van der Waals surface area contributed by atoms with Gasteiger partial charge in [-0.15, -0.1) is 0 Å². The lowest BCUT2D eigenvalue weighted by Gasteiger charge is -2.15. The van der Waals surface area contributed by atoms with Gasteiger partial charge in [0.2, 0.25) is 0 Å². The molecule has 0 saturated carbocycles. The van der Waals surface area contributed by atoms with Gasteiger partial charge >= 0.3 is 5.97 Å². The van der Waals surface area contributed by atoms with E-state index in [-0.39, 0.29) is 10.7 Å². The van der Waals surface area contributed by atoms with Crippen molar-refractivity contribution in [1.82, 2.24) is 0 Å². The summed E-state index contributed by atoms with van der Waals surface area (Å²) in [5.41, 5.74) is 0.869. The molecule has 0 fully saturated rings. The van der Waals surface area contributed by atoms with Crippen molar-refractivity contribution in [1.29, 1.82) is 0 Å². The Balaban J connectivity index is 3.08. The summed E-state index contributed by atoms with van der Waals surface area (Å²) in [5, 5.41) is 22.4. The van der Waals surface area contributed by atoms with Crippen molar-refractivity contribution in [3.05, 3.63) is 32.8 Å². The topological polar surface area (TPSA) is 92.5 Å². The number of nitro groups is 1. The molecular formula is C11H13ClN2O4. The van der Waals surface area contributed by atoms with E-state index >= 15 is 0 Å². The van der Waals surface area contributed by atoms with Gasteiger partial charge in [0.15, 0.2) is 0 Å². The van der Waals surface area contributed by atoms with E-state index in [4.69, 9.17) is 16.7 Å². The van der Waals surface area contributed by atoms with Crippen LogP contribution in [0.25, 0.3) is 0 Å². The molecule has 0 heterocycles. The minimum Gasteiger partial charge on any atom is -0.480 e. The summed E-state index contributed by atoms with van der Waals surface area (Å²) in [5.74, 6) is -0.980. The molecule has 0 amide bonds. The van der Waals surface area contributed by atoms with Gasteiger partial charge in [0.1, 0.15) is 11.1 Å². The molecule has 2 N–H and O–H groups in total. The number of hydrogen-bond acceptors (Lipinski definition) is 4. The van der Waals surface area contributed by atoms with Crippen molar-refractivity contribution in [3.63, 3.8) is 0 Å². The molecule has 7 heteroatoms. The summed E-state index contributed by atoms with van der Waals surface area (Å²) in [4.78, 5) is 21.0. The van der Waals surface area contributed by atoms with Crippen LogP contribution in [0.15, 0.2) is 12.1 Å². The van der Waals surface area contributed by atoms with E-state index in [1.54, 1.807) is 13.8 Å². The van der Waals surface area contributed by atoms with Crippen molar-refractivity contribution < 1.29 is 14.8 Å². The first-order valence-corrected chi connectivity index (χ1v) is 5.68. The number of carbonyl (C=O) groups is 1. The maximum absolute atomic E-state index is 10.9. The number of rotatable bonds is 5. The third-order valence-corrected chi connectivity index (χ3v) is 2.83. The first-order chi connectivity index (χ1) is 8.36. The molecule has 1 atom stereocenters. The maximum atomic E-state index is 10.9. The second kappa shape index (κ2) is 5.68. The lowest BCUT2D eigenvalue weighted by atomic mass is 10.1. The fraction of sp³-hybridized carbons (Fsp3) is 0.364. The van der Waals surface area contributed by atoms with Gasteiger partial charge in [-0.1, -0.05) is 18.5 Å². The summed E-state index contributed by atoms with van der Waals surface area (Å²) in [6.45, 7) is 3.38. The molecule has 1 aromatic rings. The number of hydrogen-bond donors (Lipinski definition) is 2. The largest absolute Gasteiger partial charge is 0.480 e. The molecule has 6 nitrogen and oxygen atoms in total. The normalized spacial score (nSPS) is 11.9. The average molecular weight is 273 g/mol. The highest BCUT2D eigenvalue weighted by Crippen LogP contribution is 2.30. The quantitative estimate of drug-likeness (QED) is 0.635. The highest BCUT2D eigenvalue weighted by molar-refractivity contribution is 6.33. The number of nitrogens with zero attached hydrogens (tertiary/aromatic N) is 1. The van der Waals surface area contributed by atoms with Crippen LogP contribution in [0.1, 0.15) is 18.9 Å². The molecule has 0 saturated heterocycles. The van der Waals surface area contributed by atoms with Gasteiger partial charge in [0, 0.05) is 11.8 Å². The number of aliphatic carboxylic acids is 1. The number of nitrogens with one attached hydrogen (secondary N) is 1. The van der Waals surface area contributed by atoms with Crippen molar-refractivity contribution in [3.8, 4) is 0 Å². The second-order valence-electron chi connectivity index (χ2n) is 3.82. The summed E-state index contributed by atoms with van der Waals surface area (Å²) in [6, 6.07) is 1.95.